The molecule has 4 nitrogen and oxygen atoms in total. The zero-order valence-electron chi connectivity index (χ0n) is 15.9. The van der Waals surface area contributed by atoms with Gasteiger partial charge in [-0.3, -0.25) is 4.79 Å². The third-order valence-corrected chi connectivity index (χ3v) is 5.56. The molecule has 0 saturated carbocycles. The summed E-state index contributed by atoms with van der Waals surface area (Å²) in [6.07, 6.45) is 3.18. The molecule has 2 aromatic carbocycles. The molecule has 0 N–H and O–H groups in total. The van der Waals surface area contributed by atoms with Gasteiger partial charge in [0, 0.05) is 20.0 Å². The van der Waals surface area contributed by atoms with Crippen molar-refractivity contribution in [1.29, 1.82) is 0 Å². The first-order valence-corrected chi connectivity index (χ1v) is 9.69. The molecule has 1 aliphatic heterocycles. The molecule has 0 spiro atoms. The minimum Gasteiger partial charge on any atom is -0.333 e. The molecule has 3 aromatic rings. The molecule has 1 fully saturated rings. The molecule has 6 heteroatoms. The lowest BCUT2D eigenvalue weighted by molar-refractivity contribution is -0.135. The summed E-state index contributed by atoms with van der Waals surface area (Å²) >= 11 is 0. The average molecular weight is 383 g/mol. The van der Waals surface area contributed by atoms with Crippen molar-refractivity contribution in [2.45, 2.75) is 38.1 Å². The van der Waals surface area contributed by atoms with Crippen LogP contribution < -0.4 is 0 Å². The first-order valence-electron chi connectivity index (χ1n) is 9.69. The van der Waals surface area contributed by atoms with Gasteiger partial charge in [0.05, 0.1) is 17.1 Å². The van der Waals surface area contributed by atoms with E-state index in [1.165, 1.54) is 6.07 Å². The number of aryl methyl sites for hydroxylation is 2. The van der Waals surface area contributed by atoms with Crippen LogP contribution in [0.3, 0.4) is 0 Å². The predicted molar refractivity (Wildman–Crippen MR) is 104 cm³/mol. The number of piperidine rings is 1. The topological polar surface area (TPSA) is 38.1 Å². The monoisotopic (exact) mass is 383 g/mol. The van der Waals surface area contributed by atoms with Crippen LogP contribution >= 0.6 is 0 Å². The maximum Gasteiger partial charge on any atom is 0.223 e. The van der Waals surface area contributed by atoms with E-state index in [2.05, 4.69) is 4.57 Å². The van der Waals surface area contributed by atoms with Gasteiger partial charge in [-0.1, -0.05) is 12.1 Å². The van der Waals surface area contributed by atoms with Gasteiger partial charge in [-0.05, 0) is 61.6 Å². The van der Waals surface area contributed by atoms with E-state index in [9.17, 15) is 13.6 Å². The Hall–Kier alpha value is -2.76. The van der Waals surface area contributed by atoms with Crippen LogP contribution in [-0.2, 0) is 18.3 Å². The van der Waals surface area contributed by atoms with Crippen molar-refractivity contribution in [2.24, 2.45) is 7.05 Å². The number of hydrogen-bond donors (Lipinski definition) is 0. The Labute approximate surface area is 162 Å². The molecule has 1 unspecified atom stereocenters. The van der Waals surface area contributed by atoms with Gasteiger partial charge in [-0.15, -0.1) is 0 Å². The number of benzene rings is 2. The molecule has 4 rings (SSSR count). The maximum atomic E-state index is 13.9. The molecule has 1 aliphatic rings. The highest BCUT2D eigenvalue weighted by atomic mass is 19.1. The van der Waals surface area contributed by atoms with E-state index in [-0.39, 0.29) is 30.4 Å². The second-order valence-corrected chi connectivity index (χ2v) is 7.35. The molecule has 0 radical (unpaired) electrons. The molecule has 1 aromatic heterocycles. The first kappa shape index (κ1) is 18.6. The summed E-state index contributed by atoms with van der Waals surface area (Å²) in [5.74, 6) is -0.120. The van der Waals surface area contributed by atoms with Gasteiger partial charge in [-0.2, -0.15) is 0 Å². The summed E-state index contributed by atoms with van der Waals surface area (Å²) < 4.78 is 29.3. The predicted octanol–water partition coefficient (Wildman–Crippen LogP) is 4.54. The summed E-state index contributed by atoms with van der Waals surface area (Å²) in [6.45, 7) is 0.665. The van der Waals surface area contributed by atoms with E-state index in [1.54, 1.807) is 0 Å². The number of nitrogens with zero attached hydrogens (tertiary/aromatic N) is 3. The van der Waals surface area contributed by atoms with E-state index < -0.39 is 11.6 Å². The van der Waals surface area contributed by atoms with Crippen LogP contribution in [0, 0.1) is 11.6 Å². The fourth-order valence-electron chi connectivity index (χ4n) is 4.08. The Kier molecular flexibility index (Phi) is 5.11. The van der Waals surface area contributed by atoms with Crippen molar-refractivity contribution in [1.82, 2.24) is 14.5 Å². The fraction of sp³-hybridized carbons (Fsp3) is 0.364. The van der Waals surface area contributed by atoms with Gasteiger partial charge in [0.15, 0.2) is 0 Å². The Morgan fingerprint density at radius 1 is 1.18 bits per heavy atom. The summed E-state index contributed by atoms with van der Waals surface area (Å²) in [5, 5.41) is 0. The van der Waals surface area contributed by atoms with Crippen LogP contribution in [0.4, 0.5) is 8.78 Å². The lowest BCUT2D eigenvalue weighted by Gasteiger charge is -2.35. The molecule has 0 bridgehead atoms. The zero-order chi connectivity index (χ0) is 19.7. The summed E-state index contributed by atoms with van der Waals surface area (Å²) in [6, 6.07) is 11.2. The first-order chi connectivity index (χ1) is 13.5. The van der Waals surface area contributed by atoms with Gasteiger partial charge in [0.1, 0.15) is 17.5 Å². The van der Waals surface area contributed by atoms with Crippen LogP contribution in [0.1, 0.15) is 43.1 Å². The Balaban J connectivity index is 1.55. The van der Waals surface area contributed by atoms with E-state index in [1.807, 2.05) is 36.2 Å². The third kappa shape index (κ3) is 3.51. The number of para-hydroxylation sites is 2. The molecule has 2 heterocycles. The summed E-state index contributed by atoms with van der Waals surface area (Å²) in [5.41, 5.74) is 2.20. The maximum absolute atomic E-state index is 13.9. The van der Waals surface area contributed by atoms with Crippen molar-refractivity contribution < 1.29 is 13.6 Å². The Morgan fingerprint density at radius 3 is 2.82 bits per heavy atom. The van der Waals surface area contributed by atoms with Gasteiger partial charge >= 0.3 is 0 Å². The fourth-order valence-corrected chi connectivity index (χ4v) is 4.08. The van der Waals surface area contributed by atoms with E-state index >= 15 is 0 Å². The minimum absolute atomic E-state index is 0.0413. The summed E-state index contributed by atoms with van der Waals surface area (Å²) in [7, 11) is 1.98. The number of carbonyl (C=O) groups is 1. The molecule has 1 atom stereocenters. The van der Waals surface area contributed by atoms with Crippen LogP contribution in [-0.4, -0.2) is 26.9 Å². The highest BCUT2D eigenvalue weighted by Crippen LogP contribution is 2.32. The highest BCUT2D eigenvalue weighted by Gasteiger charge is 2.31. The van der Waals surface area contributed by atoms with Gasteiger partial charge < -0.3 is 9.47 Å². The lowest BCUT2D eigenvalue weighted by atomic mass is 10.00. The standard InChI is InChI=1S/C22H23F2N3O/c1-26-19-7-3-2-6-18(19)25-22(26)20-8-4-5-13-27(20)21(28)12-9-15-14-16(23)10-11-17(15)24/h2-3,6-7,10-11,14,20H,4-5,8-9,12-13H2,1H3. The quantitative estimate of drug-likeness (QED) is 0.664. The molecule has 1 amide bonds. The Bertz CT molecular complexity index is 1010. The molecular formula is C22H23F2N3O. The number of imidazole rings is 1. The molecular weight excluding hydrogens is 360 g/mol. The lowest BCUT2D eigenvalue weighted by Crippen LogP contribution is -2.39. The average Bonchev–Trinajstić information content (AvgIpc) is 3.05. The number of aromatic nitrogens is 2. The number of rotatable bonds is 4. The normalized spacial score (nSPS) is 17.2. The van der Waals surface area contributed by atoms with Crippen LogP contribution in [0.5, 0.6) is 0 Å². The van der Waals surface area contributed by atoms with E-state index in [4.69, 9.17) is 4.98 Å². The van der Waals surface area contributed by atoms with Gasteiger partial charge in [-0.25, -0.2) is 13.8 Å². The zero-order valence-corrected chi connectivity index (χ0v) is 15.9. The van der Waals surface area contributed by atoms with Crippen molar-refractivity contribution in [3.05, 3.63) is 65.5 Å². The SMILES string of the molecule is Cn1c(C2CCCCN2C(=O)CCc2cc(F)ccc2F)nc2ccccc21. The second kappa shape index (κ2) is 7.70. The van der Waals surface area contributed by atoms with Crippen molar-refractivity contribution >= 4 is 16.9 Å². The number of fused-ring (bicyclic) bond motifs is 1. The molecule has 28 heavy (non-hydrogen) atoms. The summed E-state index contributed by atoms with van der Waals surface area (Å²) in [4.78, 5) is 19.6. The van der Waals surface area contributed by atoms with Crippen molar-refractivity contribution in [3.63, 3.8) is 0 Å². The van der Waals surface area contributed by atoms with Crippen LogP contribution in [0.25, 0.3) is 11.0 Å². The van der Waals surface area contributed by atoms with Crippen LogP contribution in [0.2, 0.25) is 0 Å². The van der Waals surface area contributed by atoms with E-state index in [0.717, 1.165) is 48.3 Å². The number of likely N-dealkylation sites (tertiary alicyclic amines) is 1. The van der Waals surface area contributed by atoms with Crippen molar-refractivity contribution in [3.8, 4) is 0 Å². The smallest absolute Gasteiger partial charge is 0.223 e. The Morgan fingerprint density at radius 2 is 2.00 bits per heavy atom. The van der Waals surface area contributed by atoms with Crippen molar-refractivity contribution in [2.75, 3.05) is 6.54 Å². The molecule has 1 saturated heterocycles. The molecule has 0 aliphatic carbocycles. The number of halogens is 2. The number of amides is 1. The molecule has 146 valence electrons. The van der Waals surface area contributed by atoms with Crippen LogP contribution in [0.15, 0.2) is 42.5 Å². The largest absolute Gasteiger partial charge is 0.333 e. The van der Waals surface area contributed by atoms with Gasteiger partial charge in [0.2, 0.25) is 5.91 Å². The second-order valence-electron chi connectivity index (χ2n) is 7.35. The number of carbonyl (C=O) groups excluding carboxylic acids is 1. The number of hydrogen-bond acceptors (Lipinski definition) is 2. The van der Waals surface area contributed by atoms with Gasteiger partial charge in [0.25, 0.3) is 0 Å². The highest BCUT2D eigenvalue weighted by molar-refractivity contribution is 5.78. The van der Waals surface area contributed by atoms with E-state index in [0.29, 0.717) is 6.54 Å². The third-order valence-electron chi connectivity index (χ3n) is 5.56. The minimum atomic E-state index is -0.487.